The van der Waals surface area contributed by atoms with Gasteiger partial charge in [0.1, 0.15) is 0 Å². The SMILES string of the molecule is O=C(c1cn(C2CCNCC2)nn1)N(CCc1ccccc1)C1CCCC1. The molecule has 0 radical (unpaired) electrons. The number of piperidine rings is 1. The third-order valence-electron chi connectivity index (χ3n) is 5.92. The van der Waals surface area contributed by atoms with Crippen LogP contribution in [0.2, 0.25) is 0 Å². The van der Waals surface area contributed by atoms with Crippen LogP contribution in [0.1, 0.15) is 60.6 Å². The van der Waals surface area contributed by atoms with Crippen LogP contribution in [0.3, 0.4) is 0 Å². The number of nitrogens with zero attached hydrogens (tertiary/aromatic N) is 4. The molecule has 4 rings (SSSR count). The Morgan fingerprint density at radius 3 is 2.59 bits per heavy atom. The Balaban J connectivity index is 1.47. The maximum atomic E-state index is 13.2. The molecule has 1 aromatic carbocycles. The largest absolute Gasteiger partial charge is 0.334 e. The normalized spacial score (nSPS) is 18.7. The van der Waals surface area contributed by atoms with Crippen molar-refractivity contribution in [3.05, 3.63) is 47.8 Å². The van der Waals surface area contributed by atoms with Crippen molar-refractivity contribution < 1.29 is 4.79 Å². The molecule has 1 aliphatic carbocycles. The molecule has 1 amide bonds. The number of rotatable bonds is 6. The third kappa shape index (κ3) is 4.38. The number of amides is 1. The molecule has 6 nitrogen and oxygen atoms in total. The molecule has 0 spiro atoms. The second-order valence-electron chi connectivity index (χ2n) is 7.74. The Kier molecular flexibility index (Phi) is 5.82. The van der Waals surface area contributed by atoms with E-state index in [-0.39, 0.29) is 5.91 Å². The summed E-state index contributed by atoms with van der Waals surface area (Å²) in [6.07, 6.45) is 9.44. The Bertz CT molecular complexity index is 732. The monoisotopic (exact) mass is 367 g/mol. The van der Waals surface area contributed by atoms with Crippen LogP contribution in [0.15, 0.2) is 36.5 Å². The minimum absolute atomic E-state index is 0.0398. The smallest absolute Gasteiger partial charge is 0.276 e. The summed E-state index contributed by atoms with van der Waals surface area (Å²) in [7, 11) is 0. The fourth-order valence-electron chi connectivity index (χ4n) is 4.33. The average molecular weight is 367 g/mol. The van der Waals surface area contributed by atoms with E-state index in [0.717, 1.165) is 51.7 Å². The second kappa shape index (κ2) is 8.65. The molecule has 2 fully saturated rings. The van der Waals surface area contributed by atoms with E-state index >= 15 is 0 Å². The quantitative estimate of drug-likeness (QED) is 0.853. The minimum Gasteiger partial charge on any atom is -0.334 e. The molecule has 0 atom stereocenters. The predicted molar refractivity (Wildman–Crippen MR) is 105 cm³/mol. The highest BCUT2D eigenvalue weighted by Gasteiger charge is 2.29. The summed E-state index contributed by atoms with van der Waals surface area (Å²) >= 11 is 0. The van der Waals surface area contributed by atoms with Gasteiger partial charge in [0.15, 0.2) is 5.69 Å². The van der Waals surface area contributed by atoms with Gasteiger partial charge in [0.25, 0.3) is 5.91 Å². The van der Waals surface area contributed by atoms with Crippen molar-refractivity contribution in [1.29, 1.82) is 0 Å². The first-order chi connectivity index (χ1) is 13.3. The highest BCUT2D eigenvalue weighted by molar-refractivity contribution is 5.92. The molecular formula is C21H29N5O. The maximum absolute atomic E-state index is 13.2. The van der Waals surface area contributed by atoms with E-state index < -0.39 is 0 Å². The van der Waals surface area contributed by atoms with Gasteiger partial charge in [-0.05, 0) is 50.8 Å². The number of hydrogen-bond donors (Lipinski definition) is 1. The van der Waals surface area contributed by atoms with E-state index in [4.69, 9.17) is 0 Å². The Morgan fingerprint density at radius 2 is 1.85 bits per heavy atom. The maximum Gasteiger partial charge on any atom is 0.276 e. The van der Waals surface area contributed by atoms with Gasteiger partial charge in [-0.1, -0.05) is 48.4 Å². The van der Waals surface area contributed by atoms with Crippen molar-refractivity contribution in [1.82, 2.24) is 25.2 Å². The molecule has 144 valence electrons. The standard InChI is InChI=1S/C21H29N5O/c27-21(20-16-26(24-23-20)19-10-13-22-14-11-19)25(18-8-4-5-9-18)15-12-17-6-2-1-3-7-17/h1-3,6-7,16,18-19,22H,4-5,8-15H2. The number of hydrogen-bond acceptors (Lipinski definition) is 4. The molecule has 1 aromatic heterocycles. The first-order valence-corrected chi connectivity index (χ1v) is 10.3. The summed E-state index contributed by atoms with van der Waals surface area (Å²) < 4.78 is 1.90. The van der Waals surface area contributed by atoms with Crippen molar-refractivity contribution in [2.45, 2.75) is 57.0 Å². The van der Waals surface area contributed by atoms with Crippen LogP contribution in [-0.4, -0.2) is 51.5 Å². The second-order valence-corrected chi connectivity index (χ2v) is 7.74. The lowest BCUT2D eigenvalue weighted by Gasteiger charge is -2.28. The molecular weight excluding hydrogens is 338 g/mol. The van der Waals surface area contributed by atoms with Gasteiger partial charge < -0.3 is 10.2 Å². The summed E-state index contributed by atoms with van der Waals surface area (Å²) in [6.45, 7) is 2.74. The zero-order valence-electron chi connectivity index (χ0n) is 15.9. The van der Waals surface area contributed by atoms with Gasteiger partial charge in [-0.25, -0.2) is 4.68 Å². The van der Waals surface area contributed by atoms with Gasteiger partial charge in [0.05, 0.1) is 12.2 Å². The van der Waals surface area contributed by atoms with Crippen LogP contribution in [-0.2, 0) is 6.42 Å². The van der Waals surface area contributed by atoms with Crippen molar-refractivity contribution in [3.63, 3.8) is 0 Å². The van der Waals surface area contributed by atoms with Gasteiger partial charge in [-0.15, -0.1) is 5.10 Å². The van der Waals surface area contributed by atoms with Crippen LogP contribution < -0.4 is 5.32 Å². The van der Waals surface area contributed by atoms with Crippen LogP contribution in [0.4, 0.5) is 0 Å². The molecule has 1 aliphatic heterocycles. The number of carbonyl (C=O) groups excluding carboxylic acids is 1. The van der Waals surface area contributed by atoms with E-state index in [9.17, 15) is 4.79 Å². The fraction of sp³-hybridized carbons (Fsp3) is 0.571. The van der Waals surface area contributed by atoms with Gasteiger partial charge in [-0.3, -0.25) is 4.79 Å². The Morgan fingerprint density at radius 1 is 1.11 bits per heavy atom. The van der Waals surface area contributed by atoms with Crippen molar-refractivity contribution >= 4 is 5.91 Å². The molecule has 1 N–H and O–H groups in total. The zero-order valence-corrected chi connectivity index (χ0v) is 15.9. The van der Waals surface area contributed by atoms with E-state index in [2.05, 4.69) is 44.8 Å². The summed E-state index contributed by atoms with van der Waals surface area (Å²) in [4.78, 5) is 15.3. The fourth-order valence-corrected chi connectivity index (χ4v) is 4.33. The van der Waals surface area contributed by atoms with Gasteiger partial charge in [0, 0.05) is 12.6 Å². The first kappa shape index (κ1) is 18.2. The van der Waals surface area contributed by atoms with E-state index in [0.29, 0.717) is 17.8 Å². The third-order valence-corrected chi connectivity index (χ3v) is 5.92. The predicted octanol–water partition coefficient (Wildman–Crippen LogP) is 2.83. The Hall–Kier alpha value is -2.21. The molecule has 2 aromatic rings. The van der Waals surface area contributed by atoms with Gasteiger partial charge in [0.2, 0.25) is 0 Å². The lowest BCUT2D eigenvalue weighted by molar-refractivity contribution is 0.0678. The van der Waals surface area contributed by atoms with E-state index in [1.54, 1.807) is 0 Å². The molecule has 27 heavy (non-hydrogen) atoms. The topological polar surface area (TPSA) is 63.1 Å². The lowest BCUT2D eigenvalue weighted by Crippen LogP contribution is -2.40. The van der Waals surface area contributed by atoms with E-state index in [1.165, 1.54) is 18.4 Å². The summed E-state index contributed by atoms with van der Waals surface area (Å²) in [6, 6.07) is 11.1. The molecule has 2 aliphatic rings. The summed E-state index contributed by atoms with van der Waals surface area (Å²) in [5.41, 5.74) is 1.76. The summed E-state index contributed by atoms with van der Waals surface area (Å²) in [5, 5.41) is 11.9. The molecule has 6 heteroatoms. The highest BCUT2D eigenvalue weighted by Crippen LogP contribution is 2.25. The van der Waals surface area contributed by atoms with E-state index in [1.807, 2.05) is 16.9 Å². The van der Waals surface area contributed by atoms with Crippen LogP contribution in [0, 0.1) is 0 Å². The van der Waals surface area contributed by atoms with Crippen molar-refractivity contribution in [2.24, 2.45) is 0 Å². The Labute approximate surface area is 160 Å². The van der Waals surface area contributed by atoms with Crippen LogP contribution in [0.5, 0.6) is 0 Å². The number of carbonyl (C=O) groups is 1. The lowest BCUT2D eigenvalue weighted by atomic mass is 10.1. The molecule has 2 heterocycles. The molecule has 0 bridgehead atoms. The van der Waals surface area contributed by atoms with Crippen molar-refractivity contribution in [3.8, 4) is 0 Å². The number of benzene rings is 1. The van der Waals surface area contributed by atoms with Crippen molar-refractivity contribution in [2.75, 3.05) is 19.6 Å². The van der Waals surface area contributed by atoms with Crippen LogP contribution in [0.25, 0.3) is 0 Å². The molecule has 1 saturated carbocycles. The van der Waals surface area contributed by atoms with Gasteiger partial charge in [-0.2, -0.15) is 0 Å². The average Bonchev–Trinajstić information content (AvgIpc) is 3.42. The number of nitrogens with one attached hydrogen (secondary N) is 1. The first-order valence-electron chi connectivity index (χ1n) is 10.3. The zero-order chi connectivity index (χ0) is 18.5. The summed E-state index contributed by atoms with van der Waals surface area (Å²) in [5.74, 6) is 0.0398. The highest BCUT2D eigenvalue weighted by atomic mass is 16.2. The minimum atomic E-state index is 0.0398. The molecule has 1 saturated heterocycles. The van der Waals surface area contributed by atoms with Crippen LogP contribution >= 0.6 is 0 Å². The number of aromatic nitrogens is 3. The van der Waals surface area contributed by atoms with Gasteiger partial charge >= 0.3 is 0 Å². The molecule has 0 unspecified atom stereocenters.